The highest BCUT2D eigenvalue weighted by Gasteiger charge is 1.84. The summed E-state index contributed by atoms with van der Waals surface area (Å²) in [7, 11) is 0. The zero-order valence-corrected chi connectivity index (χ0v) is 6.93. The number of rotatable bonds is 5. The molecule has 0 amide bonds. The first kappa shape index (κ1) is 8.70. The zero-order chi connectivity index (χ0) is 6.24. The molecule has 0 bridgehead atoms. The minimum absolute atomic E-state index is 1.03. The highest BCUT2D eigenvalue weighted by Crippen LogP contribution is 2.00. The quantitative estimate of drug-likeness (QED) is 0.436. The van der Waals surface area contributed by atoms with E-state index in [1.165, 1.54) is 25.7 Å². The van der Waals surface area contributed by atoms with Crippen LogP contribution in [0.5, 0.6) is 0 Å². The van der Waals surface area contributed by atoms with E-state index in [0.29, 0.717) is 0 Å². The van der Waals surface area contributed by atoms with Crippen molar-refractivity contribution >= 4 is 25.3 Å². The zero-order valence-electron chi connectivity index (χ0n) is 5.14. The SMILES string of the molecule is SCCCCCCS. The van der Waals surface area contributed by atoms with Crippen LogP contribution in [0.3, 0.4) is 0 Å². The highest BCUT2D eigenvalue weighted by atomic mass is 32.1. The summed E-state index contributed by atoms with van der Waals surface area (Å²) >= 11 is 8.21. The van der Waals surface area contributed by atoms with Crippen LogP contribution in [0.15, 0.2) is 0 Å². The van der Waals surface area contributed by atoms with Crippen LogP contribution in [-0.2, 0) is 0 Å². The second-order valence-electron chi connectivity index (χ2n) is 1.86. The average molecular weight is 150 g/mol. The van der Waals surface area contributed by atoms with Crippen LogP contribution in [0.4, 0.5) is 0 Å². The Morgan fingerprint density at radius 3 is 1.25 bits per heavy atom. The van der Waals surface area contributed by atoms with Crippen molar-refractivity contribution in [3.05, 3.63) is 0 Å². The van der Waals surface area contributed by atoms with E-state index in [9.17, 15) is 0 Å². The van der Waals surface area contributed by atoms with E-state index in [1.54, 1.807) is 0 Å². The van der Waals surface area contributed by atoms with Crippen molar-refractivity contribution in [2.24, 2.45) is 0 Å². The van der Waals surface area contributed by atoms with Gasteiger partial charge in [-0.1, -0.05) is 12.8 Å². The molecule has 0 unspecified atom stereocenters. The van der Waals surface area contributed by atoms with Gasteiger partial charge < -0.3 is 0 Å². The van der Waals surface area contributed by atoms with E-state index in [0.717, 1.165) is 11.5 Å². The van der Waals surface area contributed by atoms with Gasteiger partial charge in [0.15, 0.2) is 0 Å². The molecule has 0 aliphatic rings. The number of unbranched alkanes of at least 4 members (excludes halogenated alkanes) is 3. The van der Waals surface area contributed by atoms with E-state index in [4.69, 9.17) is 0 Å². The lowest BCUT2D eigenvalue weighted by Gasteiger charge is -1.93. The molecule has 0 aliphatic carbocycles. The number of thiol groups is 2. The molecule has 0 aromatic heterocycles. The van der Waals surface area contributed by atoms with Crippen LogP contribution in [0.2, 0.25) is 0 Å². The van der Waals surface area contributed by atoms with Gasteiger partial charge in [-0.15, -0.1) is 0 Å². The van der Waals surface area contributed by atoms with E-state index in [-0.39, 0.29) is 0 Å². The van der Waals surface area contributed by atoms with Crippen molar-refractivity contribution in [2.45, 2.75) is 25.7 Å². The number of hydrogen-bond acceptors (Lipinski definition) is 2. The Balaban J connectivity index is 2.53. The summed E-state index contributed by atoms with van der Waals surface area (Å²) in [6.07, 6.45) is 5.17. The molecule has 0 aromatic carbocycles. The first-order chi connectivity index (χ1) is 3.91. The van der Waals surface area contributed by atoms with Gasteiger partial charge in [-0.05, 0) is 24.3 Å². The minimum Gasteiger partial charge on any atom is -0.179 e. The third-order valence-corrected chi connectivity index (χ3v) is 1.70. The predicted molar refractivity (Wildman–Crippen MR) is 46.2 cm³/mol. The van der Waals surface area contributed by atoms with Gasteiger partial charge in [-0.25, -0.2) is 0 Å². The molecule has 2 heteroatoms. The number of hydrogen-bond donors (Lipinski definition) is 2. The molecule has 0 aliphatic heterocycles. The lowest BCUT2D eigenvalue weighted by atomic mass is 10.2. The molecule has 0 heterocycles. The topological polar surface area (TPSA) is 0 Å². The molecular weight excluding hydrogens is 136 g/mol. The molecule has 0 fully saturated rings. The molecule has 0 spiro atoms. The summed E-state index contributed by atoms with van der Waals surface area (Å²) in [5.74, 6) is 2.07. The first-order valence-electron chi connectivity index (χ1n) is 3.13. The lowest BCUT2D eigenvalue weighted by molar-refractivity contribution is 0.713. The summed E-state index contributed by atoms with van der Waals surface area (Å²) in [6, 6.07) is 0. The summed E-state index contributed by atoms with van der Waals surface area (Å²) in [4.78, 5) is 0. The first-order valence-corrected chi connectivity index (χ1v) is 4.40. The fourth-order valence-electron chi connectivity index (χ4n) is 0.577. The molecule has 0 N–H and O–H groups in total. The monoisotopic (exact) mass is 150 g/mol. The van der Waals surface area contributed by atoms with Gasteiger partial charge in [0.25, 0.3) is 0 Å². The van der Waals surface area contributed by atoms with E-state index in [1.807, 2.05) is 0 Å². The molecule has 0 saturated heterocycles. The van der Waals surface area contributed by atoms with Crippen LogP contribution in [-0.4, -0.2) is 11.5 Å². The van der Waals surface area contributed by atoms with Crippen molar-refractivity contribution in [1.82, 2.24) is 0 Å². The van der Waals surface area contributed by atoms with Gasteiger partial charge in [0, 0.05) is 0 Å². The standard InChI is InChI=1S/C6H14S2/c7-5-3-1-2-4-6-8/h7-8H,1-6H2. The van der Waals surface area contributed by atoms with Crippen LogP contribution in [0, 0.1) is 0 Å². The average Bonchev–Trinajstić information content (AvgIpc) is 1.81. The molecule has 0 rings (SSSR count). The maximum atomic E-state index is 4.10. The van der Waals surface area contributed by atoms with Crippen LogP contribution >= 0.6 is 25.3 Å². The molecule has 0 aromatic rings. The second-order valence-corrected chi connectivity index (χ2v) is 2.76. The fraction of sp³-hybridized carbons (Fsp3) is 1.00. The van der Waals surface area contributed by atoms with Crippen molar-refractivity contribution in [3.63, 3.8) is 0 Å². The van der Waals surface area contributed by atoms with Crippen LogP contribution in [0.25, 0.3) is 0 Å². The Kier molecular flexibility index (Phi) is 8.37. The van der Waals surface area contributed by atoms with Gasteiger partial charge in [0.2, 0.25) is 0 Å². The van der Waals surface area contributed by atoms with Gasteiger partial charge in [-0.3, -0.25) is 0 Å². The van der Waals surface area contributed by atoms with Crippen LogP contribution < -0.4 is 0 Å². The lowest BCUT2D eigenvalue weighted by Crippen LogP contribution is -1.78. The summed E-state index contributed by atoms with van der Waals surface area (Å²) in [5.41, 5.74) is 0. The smallest absolute Gasteiger partial charge is 0.00979 e. The van der Waals surface area contributed by atoms with E-state index in [2.05, 4.69) is 25.3 Å². The Hall–Kier alpha value is 0.700. The van der Waals surface area contributed by atoms with Crippen molar-refractivity contribution in [2.75, 3.05) is 11.5 Å². The van der Waals surface area contributed by atoms with Gasteiger partial charge >= 0.3 is 0 Å². The Morgan fingerprint density at radius 2 is 1.00 bits per heavy atom. The largest absolute Gasteiger partial charge is 0.179 e. The molecule has 0 nitrogen and oxygen atoms in total. The van der Waals surface area contributed by atoms with Crippen molar-refractivity contribution in [3.8, 4) is 0 Å². The Bertz CT molecular complexity index is 31.5. The van der Waals surface area contributed by atoms with Crippen molar-refractivity contribution < 1.29 is 0 Å². The molecule has 0 saturated carbocycles. The summed E-state index contributed by atoms with van der Waals surface area (Å²) in [5, 5.41) is 0. The highest BCUT2D eigenvalue weighted by molar-refractivity contribution is 7.80. The van der Waals surface area contributed by atoms with E-state index >= 15 is 0 Å². The molecule has 0 radical (unpaired) electrons. The minimum atomic E-state index is 1.03. The third-order valence-electron chi connectivity index (χ3n) is 1.07. The Labute approximate surface area is 62.9 Å². The third kappa shape index (κ3) is 6.70. The van der Waals surface area contributed by atoms with E-state index < -0.39 is 0 Å². The van der Waals surface area contributed by atoms with Gasteiger partial charge in [0.1, 0.15) is 0 Å². The van der Waals surface area contributed by atoms with Crippen LogP contribution in [0.1, 0.15) is 25.7 Å². The second kappa shape index (κ2) is 7.70. The maximum absolute atomic E-state index is 4.10. The fourth-order valence-corrected chi connectivity index (χ4v) is 1.02. The normalized spacial score (nSPS) is 9.75. The molecular formula is C6H14S2. The van der Waals surface area contributed by atoms with Crippen molar-refractivity contribution in [1.29, 1.82) is 0 Å². The summed E-state index contributed by atoms with van der Waals surface area (Å²) < 4.78 is 0. The Morgan fingerprint density at radius 1 is 0.625 bits per heavy atom. The van der Waals surface area contributed by atoms with Gasteiger partial charge in [-0.2, -0.15) is 25.3 Å². The molecule has 50 valence electrons. The maximum Gasteiger partial charge on any atom is -0.00979 e. The van der Waals surface area contributed by atoms with Gasteiger partial charge in [0.05, 0.1) is 0 Å². The predicted octanol–water partition coefficient (Wildman–Crippen LogP) is 2.41. The molecule has 8 heavy (non-hydrogen) atoms. The summed E-state index contributed by atoms with van der Waals surface area (Å²) in [6.45, 7) is 0. The molecule has 0 atom stereocenters.